The Bertz CT molecular complexity index is 1220. The maximum Gasteiger partial charge on any atom is 0.205 e. The quantitative estimate of drug-likeness (QED) is 0.440. The van der Waals surface area contributed by atoms with Crippen LogP contribution in [0.25, 0.3) is 11.0 Å². The first-order valence-electron chi connectivity index (χ1n) is 12.4. The number of imidazole rings is 1. The zero-order valence-corrected chi connectivity index (χ0v) is 20.7. The average Bonchev–Trinajstić information content (AvgIpc) is 3.48. The zero-order chi connectivity index (χ0) is 23.3. The summed E-state index contributed by atoms with van der Waals surface area (Å²) in [6.45, 7) is 3.19. The van der Waals surface area contributed by atoms with Crippen molar-refractivity contribution in [3.05, 3.63) is 57.6 Å². The molecule has 3 fully saturated rings. The second-order valence-electron chi connectivity index (χ2n) is 10.3. The van der Waals surface area contributed by atoms with Gasteiger partial charge in [0.15, 0.2) is 0 Å². The molecule has 2 aromatic carbocycles. The monoisotopic (exact) mass is 493 g/mol. The zero-order valence-electron chi connectivity index (χ0n) is 19.2. The lowest BCUT2D eigenvalue weighted by molar-refractivity contribution is 0.212. The molecule has 0 unspecified atom stereocenters. The minimum Gasteiger partial charge on any atom is -0.326 e. The second-order valence-corrected chi connectivity index (χ2v) is 11.1. The molecule has 0 amide bonds. The molecule has 3 aliphatic rings. The Kier molecular flexibility index (Phi) is 5.72. The van der Waals surface area contributed by atoms with Crippen molar-refractivity contribution in [2.75, 3.05) is 24.7 Å². The van der Waals surface area contributed by atoms with E-state index in [1.54, 1.807) is 0 Å². The lowest BCUT2D eigenvalue weighted by Crippen LogP contribution is -2.47. The van der Waals surface area contributed by atoms with Gasteiger partial charge in [-0.1, -0.05) is 41.8 Å². The first kappa shape index (κ1) is 22.2. The predicted molar refractivity (Wildman–Crippen MR) is 137 cm³/mol. The maximum atomic E-state index is 9.36. The summed E-state index contributed by atoms with van der Waals surface area (Å²) in [6.07, 6.45) is 8.53. The third-order valence-electron chi connectivity index (χ3n) is 8.30. The van der Waals surface area contributed by atoms with Crippen molar-refractivity contribution in [2.45, 2.75) is 56.4 Å². The number of aromatic nitrogens is 2. The standard InChI is InChI=1S/C27H29Cl2N5/c28-22-13-24-25(14-23(22)29)32-26(31-24)34(17-33-9-2-1-3-10-33)21-7-8-27(15-20(27)12-21)19-6-4-5-18(11-19)16-30/h4-6,11,13-14,20-21H,1-3,7-10,12,15,17H2,(H,31,32)/t20-,21+,27+/m0/s1. The molecule has 1 aliphatic heterocycles. The number of nitrogens with zero attached hydrogens (tertiary/aromatic N) is 4. The summed E-state index contributed by atoms with van der Waals surface area (Å²) in [5, 5.41) is 10.4. The number of H-pyrrole nitrogens is 1. The number of nitriles is 1. The van der Waals surface area contributed by atoms with Crippen molar-refractivity contribution in [2.24, 2.45) is 5.92 Å². The molecule has 3 aromatic rings. The summed E-state index contributed by atoms with van der Waals surface area (Å²) in [5.41, 5.74) is 4.17. The first-order valence-corrected chi connectivity index (χ1v) is 13.2. The van der Waals surface area contributed by atoms with E-state index >= 15 is 0 Å². The van der Waals surface area contributed by atoms with E-state index < -0.39 is 0 Å². The molecular weight excluding hydrogens is 465 g/mol. The van der Waals surface area contributed by atoms with E-state index in [0.717, 1.165) is 61.6 Å². The highest BCUT2D eigenvalue weighted by atomic mass is 35.5. The lowest BCUT2D eigenvalue weighted by atomic mass is 9.80. The van der Waals surface area contributed by atoms with Gasteiger partial charge in [0.1, 0.15) is 0 Å². The van der Waals surface area contributed by atoms with E-state index in [-0.39, 0.29) is 5.41 Å². The third kappa shape index (κ3) is 3.96. The van der Waals surface area contributed by atoms with Crippen LogP contribution in [0.2, 0.25) is 10.0 Å². The summed E-state index contributed by atoms with van der Waals surface area (Å²) in [6, 6.07) is 14.8. The highest BCUT2D eigenvalue weighted by Crippen LogP contribution is 2.63. The third-order valence-corrected chi connectivity index (χ3v) is 9.03. The fraction of sp³-hybridized carbons (Fsp3) is 0.481. The summed E-state index contributed by atoms with van der Waals surface area (Å²) in [7, 11) is 0. The number of hydrogen-bond acceptors (Lipinski definition) is 4. The van der Waals surface area contributed by atoms with Crippen molar-refractivity contribution in [1.82, 2.24) is 14.9 Å². The van der Waals surface area contributed by atoms with E-state index in [9.17, 15) is 5.26 Å². The van der Waals surface area contributed by atoms with Gasteiger partial charge in [-0.15, -0.1) is 0 Å². The van der Waals surface area contributed by atoms with Crippen molar-refractivity contribution < 1.29 is 0 Å². The molecule has 1 saturated heterocycles. The highest BCUT2D eigenvalue weighted by molar-refractivity contribution is 6.42. The Labute approximate surface area is 210 Å². The van der Waals surface area contributed by atoms with Crippen LogP contribution in [-0.4, -0.2) is 40.7 Å². The number of aromatic amines is 1. The molecule has 6 rings (SSSR count). The van der Waals surface area contributed by atoms with Crippen LogP contribution < -0.4 is 4.90 Å². The molecule has 34 heavy (non-hydrogen) atoms. The topological polar surface area (TPSA) is 59.0 Å². The number of fused-ring (bicyclic) bond motifs is 2. The molecule has 7 heteroatoms. The number of rotatable bonds is 5. The molecule has 2 aliphatic carbocycles. The Morgan fingerprint density at radius 2 is 1.97 bits per heavy atom. The van der Waals surface area contributed by atoms with Crippen LogP contribution in [0.1, 0.15) is 56.1 Å². The van der Waals surface area contributed by atoms with Gasteiger partial charge in [0.25, 0.3) is 0 Å². The Morgan fingerprint density at radius 1 is 1.15 bits per heavy atom. The summed E-state index contributed by atoms with van der Waals surface area (Å²) in [5.74, 6) is 1.58. The van der Waals surface area contributed by atoms with E-state index in [2.05, 4.69) is 33.0 Å². The van der Waals surface area contributed by atoms with Crippen LogP contribution >= 0.6 is 23.2 Å². The van der Waals surface area contributed by atoms with Crippen LogP contribution in [0.3, 0.4) is 0 Å². The molecule has 0 radical (unpaired) electrons. The molecule has 176 valence electrons. The number of piperidine rings is 1. The summed E-state index contributed by atoms with van der Waals surface area (Å²) < 4.78 is 0. The molecule has 0 spiro atoms. The molecule has 3 atom stereocenters. The predicted octanol–water partition coefficient (Wildman–Crippen LogP) is 6.50. The van der Waals surface area contributed by atoms with Crippen LogP contribution in [-0.2, 0) is 5.41 Å². The molecule has 2 saturated carbocycles. The largest absolute Gasteiger partial charge is 0.326 e. The minimum atomic E-state index is 0.259. The summed E-state index contributed by atoms with van der Waals surface area (Å²) in [4.78, 5) is 13.6. The molecular formula is C27H29Cl2N5. The highest BCUT2D eigenvalue weighted by Gasteiger charge is 2.58. The number of likely N-dealkylation sites (tertiary alicyclic amines) is 1. The maximum absolute atomic E-state index is 9.36. The first-order chi connectivity index (χ1) is 16.6. The van der Waals surface area contributed by atoms with E-state index in [0.29, 0.717) is 22.0 Å². The summed E-state index contributed by atoms with van der Waals surface area (Å²) >= 11 is 12.6. The van der Waals surface area contributed by atoms with E-state index in [1.165, 1.54) is 31.2 Å². The van der Waals surface area contributed by atoms with Gasteiger partial charge in [0.2, 0.25) is 5.95 Å². The molecule has 0 bridgehead atoms. The fourth-order valence-corrected chi connectivity index (χ4v) is 6.67. The van der Waals surface area contributed by atoms with Gasteiger partial charge in [-0.25, -0.2) is 4.98 Å². The van der Waals surface area contributed by atoms with Gasteiger partial charge < -0.3 is 9.88 Å². The molecule has 5 nitrogen and oxygen atoms in total. The van der Waals surface area contributed by atoms with Crippen LogP contribution in [0.15, 0.2) is 36.4 Å². The Balaban J connectivity index is 1.27. The molecule has 1 N–H and O–H groups in total. The Hall–Kier alpha value is -2.26. The molecule has 1 aromatic heterocycles. The SMILES string of the molecule is N#Cc1cccc([C@]23CC[C@@H](N(CN4CCCCC4)c4nc5cc(Cl)c(Cl)cc5[nH]4)C[C@H]2C3)c1. The number of nitrogens with one attached hydrogen (secondary N) is 1. The van der Waals surface area contributed by atoms with Crippen LogP contribution in [0.5, 0.6) is 0 Å². The number of hydrogen-bond donors (Lipinski definition) is 1. The molecule has 2 heterocycles. The lowest BCUT2D eigenvalue weighted by Gasteiger charge is -2.40. The normalized spacial score (nSPS) is 26.7. The average molecular weight is 494 g/mol. The van der Waals surface area contributed by atoms with Crippen molar-refractivity contribution in [1.29, 1.82) is 5.26 Å². The van der Waals surface area contributed by atoms with Gasteiger partial charge in [0, 0.05) is 6.04 Å². The van der Waals surface area contributed by atoms with Crippen molar-refractivity contribution in [3.63, 3.8) is 0 Å². The van der Waals surface area contributed by atoms with Crippen LogP contribution in [0, 0.1) is 17.2 Å². The van der Waals surface area contributed by atoms with Gasteiger partial charge in [-0.05, 0) is 92.8 Å². The van der Waals surface area contributed by atoms with E-state index in [4.69, 9.17) is 28.2 Å². The number of anilines is 1. The van der Waals surface area contributed by atoms with Crippen LogP contribution in [0.4, 0.5) is 5.95 Å². The number of benzene rings is 2. The van der Waals surface area contributed by atoms with Crippen molar-refractivity contribution >= 4 is 40.2 Å². The second kappa shape index (κ2) is 8.75. The van der Waals surface area contributed by atoms with Gasteiger partial charge >= 0.3 is 0 Å². The van der Waals surface area contributed by atoms with Gasteiger partial charge in [-0.3, -0.25) is 4.90 Å². The smallest absolute Gasteiger partial charge is 0.205 e. The van der Waals surface area contributed by atoms with E-state index in [1.807, 2.05) is 24.3 Å². The number of halogens is 2. The van der Waals surface area contributed by atoms with Gasteiger partial charge in [-0.2, -0.15) is 5.26 Å². The Morgan fingerprint density at radius 3 is 2.76 bits per heavy atom. The van der Waals surface area contributed by atoms with Gasteiger partial charge in [0.05, 0.1) is 39.4 Å². The van der Waals surface area contributed by atoms with Crippen molar-refractivity contribution in [3.8, 4) is 6.07 Å². The fourth-order valence-electron chi connectivity index (χ4n) is 6.34. The minimum absolute atomic E-state index is 0.259.